The van der Waals surface area contributed by atoms with Gasteiger partial charge in [-0.2, -0.15) is 5.26 Å². The molecule has 0 radical (unpaired) electrons. The molecule has 4 aliphatic heterocycles. The number of carbonyl (C=O) groups excluding carboxylic acids is 4. The smallest absolute Gasteiger partial charge is 0.262 e. The second kappa shape index (κ2) is 16.4. The molecule has 4 amide bonds. The molecule has 304 valence electrons. The number of nitriles is 1. The first-order valence-corrected chi connectivity index (χ1v) is 20.2. The minimum absolute atomic E-state index is 0.0678. The first-order valence-electron chi connectivity index (χ1n) is 19.9. The highest BCUT2D eigenvalue weighted by Crippen LogP contribution is 2.35. The van der Waals surface area contributed by atoms with Gasteiger partial charge in [0.05, 0.1) is 35.0 Å². The molecule has 13 nitrogen and oxygen atoms in total. The molecule has 3 fully saturated rings. The molecule has 0 aliphatic carbocycles. The molecule has 0 saturated carbocycles. The number of alkyl halides is 1. The van der Waals surface area contributed by atoms with Crippen molar-refractivity contribution in [3.8, 4) is 11.8 Å². The lowest BCUT2D eigenvalue weighted by Gasteiger charge is -2.40. The van der Waals surface area contributed by atoms with Crippen LogP contribution in [0.1, 0.15) is 76.2 Å². The van der Waals surface area contributed by atoms with E-state index in [2.05, 4.69) is 40.0 Å². The minimum Gasteiger partial charge on any atom is -0.487 e. The van der Waals surface area contributed by atoms with E-state index in [0.29, 0.717) is 60.6 Å². The van der Waals surface area contributed by atoms with Gasteiger partial charge in [0.15, 0.2) is 0 Å². The van der Waals surface area contributed by atoms with Crippen LogP contribution in [-0.2, 0) is 21.6 Å². The first kappa shape index (κ1) is 39.9. The van der Waals surface area contributed by atoms with Crippen molar-refractivity contribution in [2.45, 2.75) is 57.3 Å². The minimum atomic E-state index is -1.06. The third-order valence-electron chi connectivity index (χ3n) is 12.0. The molecule has 5 heterocycles. The number of halogens is 2. The zero-order chi connectivity index (χ0) is 41.4. The zero-order valence-electron chi connectivity index (χ0n) is 32.9. The number of amides is 4. The molecular weight excluding hydrogens is 775 g/mol. The Kier molecular flexibility index (Phi) is 11.1. The average molecular weight is 819 g/mol. The number of imide groups is 2. The highest BCUT2D eigenvalue weighted by Gasteiger charge is 2.45. The Labute approximate surface area is 346 Å². The number of aromatic nitrogens is 2. The van der Waals surface area contributed by atoms with Crippen molar-refractivity contribution in [1.29, 1.82) is 5.26 Å². The topological polar surface area (TPSA) is 152 Å². The summed E-state index contributed by atoms with van der Waals surface area (Å²) in [4.78, 5) is 67.0. The summed E-state index contributed by atoms with van der Waals surface area (Å²) in [5.41, 5.74) is 4.11. The molecule has 59 heavy (non-hydrogen) atoms. The molecule has 8 rings (SSSR count). The van der Waals surface area contributed by atoms with E-state index >= 15 is 4.39 Å². The number of nitrogens with one attached hydrogen (secondary N) is 1. The third kappa shape index (κ3) is 8.22. The number of rotatable bonds is 10. The summed E-state index contributed by atoms with van der Waals surface area (Å²) in [7, 11) is 0. The second-order valence-corrected chi connectivity index (χ2v) is 16.5. The van der Waals surface area contributed by atoms with E-state index in [1.54, 1.807) is 30.5 Å². The standard InChI is InChI=1S/C44H44ClFN8O5/c1-44(2,30-19-27(23-47)20-31(45)21-30)29-3-6-34(7-4-29)59-26-32-11-13-48-43(49-32)53-14-12-28(37(46)25-53)24-51-15-17-52(18-16-51)33-5-8-35-36(22-33)42(58)54(41(35)57)38-9-10-39(55)50-40(38)56/h3-8,11,13,19-22,28,37-38H,9-10,12,14-18,24-26H2,1-2H3,(H,50,55,56). The van der Waals surface area contributed by atoms with Crippen LogP contribution in [0.4, 0.5) is 16.0 Å². The van der Waals surface area contributed by atoms with E-state index in [-0.39, 0.29) is 43.0 Å². The molecule has 15 heteroatoms. The molecule has 3 saturated heterocycles. The number of piperidine rings is 2. The quantitative estimate of drug-likeness (QED) is 0.208. The molecule has 4 aromatic rings. The number of piperazine rings is 1. The number of hydrogen-bond acceptors (Lipinski definition) is 11. The normalized spacial score (nSPS) is 21.3. The van der Waals surface area contributed by atoms with E-state index in [0.717, 1.165) is 34.8 Å². The van der Waals surface area contributed by atoms with E-state index < -0.39 is 41.3 Å². The molecule has 0 bridgehead atoms. The fraction of sp³-hybridized carbons (Fsp3) is 0.386. The summed E-state index contributed by atoms with van der Waals surface area (Å²) in [6.07, 6.45) is 1.45. The van der Waals surface area contributed by atoms with Crippen LogP contribution in [-0.4, -0.2) is 101 Å². The zero-order valence-corrected chi connectivity index (χ0v) is 33.6. The summed E-state index contributed by atoms with van der Waals surface area (Å²) in [6, 6.07) is 21.3. The van der Waals surface area contributed by atoms with Gasteiger partial charge in [0, 0.05) is 73.9 Å². The van der Waals surface area contributed by atoms with E-state index in [1.807, 2.05) is 47.4 Å². The molecule has 3 unspecified atom stereocenters. The van der Waals surface area contributed by atoms with Crippen molar-refractivity contribution in [3.63, 3.8) is 0 Å². The maximum absolute atomic E-state index is 15.8. The Bertz CT molecular complexity index is 2340. The maximum Gasteiger partial charge on any atom is 0.262 e. The van der Waals surface area contributed by atoms with Gasteiger partial charge in [0.1, 0.15) is 24.6 Å². The molecule has 3 aromatic carbocycles. The van der Waals surface area contributed by atoms with Gasteiger partial charge >= 0.3 is 0 Å². The van der Waals surface area contributed by atoms with Crippen LogP contribution >= 0.6 is 11.6 Å². The Hall–Kier alpha value is -5.91. The Morgan fingerprint density at radius 1 is 0.898 bits per heavy atom. The Morgan fingerprint density at radius 2 is 1.66 bits per heavy atom. The lowest BCUT2D eigenvalue weighted by atomic mass is 9.78. The second-order valence-electron chi connectivity index (χ2n) is 16.1. The summed E-state index contributed by atoms with van der Waals surface area (Å²) >= 11 is 6.28. The van der Waals surface area contributed by atoms with Crippen LogP contribution < -0.4 is 19.9 Å². The van der Waals surface area contributed by atoms with Crippen molar-refractivity contribution < 1.29 is 28.3 Å². The van der Waals surface area contributed by atoms with Gasteiger partial charge in [0.2, 0.25) is 17.8 Å². The fourth-order valence-electron chi connectivity index (χ4n) is 8.44. The molecule has 1 N–H and O–H groups in total. The van der Waals surface area contributed by atoms with E-state index in [1.165, 1.54) is 0 Å². The fourth-order valence-corrected chi connectivity index (χ4v) is 8.68. The van der Waals surface area contributed by atoms with Crippen molar-refractivity contribution in [3.05, 3.63) is 111 Å². The van der Waals surface area contributed by atoms with E-state index in [9.17, 15) is 24.4 Å². The predicted molar refractivity (Wildman–Crippen MR) is 218 cm³/mol. The number of nitrogens with zero attached hydrogens (tertiary/aromatic N) is 7. The Balaban J connectivity index is 0.811. The van der Waals surface area contributed by atoms with Crippen LogP contribution in [0.5, 0.6) is 5.75 Å². The number of carbonyl (C=O) groups is 4. The number of anilines is 2. The van der Waals surface area contributed by atoms with Crippen LogP contribution in [0, 0.1) is 17.2 Å². The number of hydrogen-bond donors (Lipinski definition) is 1. The third-order valence-corrected chi connectivity index (χ3v) is 12.2. The lowest BCUT2D eigenvalue weighted by Crippen LogP contribution is -2.54. The van der Waals surface area contributed by atoms with Gasteiger partial charge in [-0.25, -0.2) is 14.4 Å². The van der Waals surface area contributed by atoms with Crippen LogP contribution in [0.15, 0.2) is 72.9 Å². The summed E-state index contributed by atoms with van der Waals surface area (Å²) < 4.78 is 21.8. The van der Waals surface area contributed by atoms with Gasteiger partial charge < -0.3 is 14.5 Å². The highest BCUT2D eigenvalue weighted by molar-refractivity contribution is 6.30. The van der Waals surface area contributed by atoms with Crippen molar-refractivity contribution >= 4 is 46.9 Å². The van der Waals surface area contributed by atoms with Gasteiger partial charge in [-0.1, -0.05) is 37.6 Å². The highest BCUT2D eigenvalue weighted by atomic mass is 35.5. The first-order chi connectivity index (χ1) is 28.4. The summed E-state index contributed by atoms with van der Waals surface area (Å²) in [5, 5.41) is 12.1. The van der Waals surface area contributed by atoms with Gasteiger partial charge in [-0.3, -0.25) is 34.3 Å². The van der Waals surface area contributed by atoms with Crippen molar-refractivity contribution in [2.24, 2.45) is 5.92 Å². The van der Waals surface area contributed by atoms with Crippen molar-refractivity contribution in [2.75, 3.05) is 55.6 Å². The van der Waals surface area contributed by atoms with Gasteiger partial charge in [-0.15, -0.1) is 0 Å². The van der Waals surface area contributed by atoms with E-state index in [4.69, 9.17) is 21.3 Å². The molecule has 1 aromatic heterocycles. The SMILES string of the molecule is CC(C)(c1ccc(OCc2ccnc(N3CCC(CN4CCN(c5ccc6c(c5)C(=O)N(C5CCC(=O)NC5=O)C6=O)CC4)C(F)C3)n2)cc1)c1cc(Cl)cc(C#N)c1. The number of ether oxygens (including phenoxy) is 1. The van der Waals surface area contributed by atoms with Gasteiger partial charge in [0.25, 0.3) is 11.8 Å². The van der Waals surface area contributed by atoms with Crippen molar-refractivity contribution in [1.82, 2.24) is 25.1 Å². The summed E-state index contributed by atoms with van der Waals surface area (Å²) in [6.45, 7) is 8.64. The molecular formula is C44H44ClFN8O5. The largest absolute Gasteiger partial charge is 0.487 e. The van der Waals surface area contributed by atoms with Crippen LogP contribution in [0.25, 0.3) is 0 Å². The van der Waals surface area contributed by atoms with Crippen LogP contribution in [0.2, 0.25) is 5.02 Å². The maximum atomic E-state index is 15.8. The number of fused-ring (bicyclic) bond motifs is 1. The monoisotopic (exact) mass is 818 g/mol. The summed E-state index contributed by atoms with van der Waals surface area (Å²) in [5.74, 6) is -1.08. The average Bonchev–Trinajstić information content (AvgIpc) is 3.48. The molecule has 4 aliphatic rings. The molecule has 3 atom stereocenters. The lowest BCUT2D eigenvalue weighted by molar-refractivity contribution is -0.136. The number of benzene rings is 3. The molecule has 0 spiro atoms. The Morgan fingerprint density at radius 3 is 2.39 bits per heavy atom. The van der Waals surface area contributed by atoms with Crippen LogP contribution in [0.3, 0.4) is 0 Å². The predicted octanol–water partition coefficient (Wildman–Crippen LogP) is 5.29. The van der Waals surface area contributed by atoms with Gasteiger partial charge in [-0.05, 0) is 78.6 Å².